The minimum Gasteiger partial charge on any atom is -0.0622 e. The summed E-state index contributed by atoms with van der Waals surface area (Å²) in [6.45, 7) is 0. The summed E-state index contributed by atoms with van der Waals surface area (Å²) in [5.74, 6) is 0. The molecule has 9 aromatic rings. The summed E-state index contributed by atoms with van der Waals surface area (Å²) in [5, 5.41) is 10.1. The molecule has 0 heteroatoms. The highest BCUT2D eigenvalue weighted by atomic mass is 14.2. The van der Waals surface area contributed by atoms with Crippen LogP contribution in [0.3, 0.4) is 0 Å². The largest absolute Gasteiger partial charge is 0.0622 e. The summed E-state index contributed by atoms with van der Waals surface area (Å²) in [7, 11) is 0. The van der Waals surface area contributed by atoms with E-state index in [9.17, 15) is 0 Å². The van der Waals surface area contributed by atoms with E-state index in [-0.39, 0.29) is 0 Å². The van der Waals surface area contributed by atoms with Gasteiger partial charge in [0, 0.05) is 0 Å². The second-order valence-electron chi connectivity index (χ2n) is 12.0. The van der Waals surface area contributed by atoms with Gasteiger partial charge in [0.2, 0.25) is 0 Å². The van der Waals surface area contributed by atoms with Gasteiger partial charge in [-0.05, 0) is 93.7 Å². The van der Waals surface area contributed by atoms with Gasteiger partial charge in [0.1, 0.15) is 0 Å². The zero-order chi connectivity index (χ0) is 30.5. The van der Waals surface area contributed by atoms with Crippen molar-refractivity contribution in [1.29, 1.82) is 0 Å². The second kappa shape index (κ2) is 10.9. The highest BCUT2D eigenvalue weighted by Crippen LogP contribution is 2.47. The summed E-state index contributed by atoms with van der Waals surface area (Å²) in [6.07, 6.45) is 0. The van der Waals surface area contributed by atoms with Crippen LogP contribution in [0.5, 0.6) is 0 Å². The van der Waals surface area contributed by atoms with Crippen molar-refractivity contribution in [3.8, 4) is 44.5 Å². The fourth-order valence-corrected chi connectivity index (χ4v) is 7.43. The topological polar surface area (TPSA) is 0 Å². The van der Waals surface area contributed by atoms with Crippen LogP contribution in [0.2, 0.25) is 0 Å². The Morgan fingerprint density at radius 2 is 0.652 bits per heavy atom. The van der Waals surface area contributed by atoms with Crippen molar-refractivity contribution in [3.05, 3.63) is 182 Å². The lowest BCUT2D eigenvalue weighted by molar-refractivity contribution is 1.61. The van der Waals surface area contributed by atoms with Crippen molar-refractivity contribution in [1.82, 2.24) is 0 Å². The summed E-state index contributed by atoms with van der Waals surface area (Å²) in [5.41, 5.74) is 10.0. The molecule has 0 heterocycles. The molecule has 0 nitrogen and oxygen atoms in total. The maximum Gasteiger partial charge on any atom is -0.00201 e. The van der Waals surface area contributed by atoms with Gasteiger partial charge in [-0.3, -0.25) is 0 Å². The van der Waals surface area contributed by atoms with Crippen LogP contribution in [0.15, 0.2) is 182 Å². The molecule has 0 spiro atoms. The van der Waals surface area contributed by atoms with Crippen molar-refractivity contribution in [3.63, 3.8) is 0 Å². The van der Waals surface area contributed by atoms with Crippen LogP contribution in [0.25, 0.3) is 87.6 Å². The second-order valence-corrected chi connectivity index (χ2v) is 12.0. The van der Waals surface area contributed by atoms with Crippen LogP contribution < -0.4 is 0 Å². The van der Waals surface area contributed by atoms with Gasteiger partial charge in [0.15, 0.2) is 0 Å². The van der Waals surface area contributed by atoms with Gasteiger partial charge >= 0.3 is 0 Å². The molecule has 0 aliphatic carbocycles. The lowest BCUT2D eigenvalue weighted by Crippen LogP contribution is -1.93. The molecule has 0 aliphatic heterocycles. The summed E-state index contributed by atoms with van der Waals surface area (Å²) in [6, 6.07) is 66.5. The predicted octanol–water partition coefficient (Wildman–Crippen LogP) is 13.0. The SMILES string of the molecule is c1ccc(-c2cccc(-c3c4ccccc4c(-c4ccc(-c5cccc6ccccc56)c5ccccc45)c4ccccc34)c2)cc1. The minimum atomic E-state index is 1.23. The van der Waals surface area contributed by atoms with E-state index in [1.54, 1.807) is 0 Å². The van der Waals surface area contributed by atoms with Gasteiger partial charge in [-0.2, -0.15) is 0 Å². The molecule has 9 rings (SSSR count). The molecule has 46 heavy (non-hydrogen) atoms. The Morgan fingerprint density at radius 1 is 0.217 bits per heavy atom. The molecule has 9 aromatic carbocycles. The lowest BCUT2D eigenvalue weighted by Gasteiger charge is -2.20. The molecule has 0 bridgehead atoms. The third kappa shape index (κ3) is 4.23. The van der Waals surface area contributed by atoms with Crippen molar-refractivity contribution >= 4 is 43.1 Å². The Balaban J connectivity index is 1.34. The zero-order valence-corrected chi connectivity index (χ0v) is 25.3. The van der Waals surface area contributed by atoms with Gasteiger partial charge in [-0.15, -0.1) is 0 Å². The minimum absolute atomic E-state index is 1.23. The molecule has 214 valence electrons. The first-order valence-electron chi connectivity index (χ1n) is 15.9. The normalized spacial score (nSPS) is 11.5. The van der Waals surface area contributed by atoms with Gasteiger partial charge in [-0.1, -0.05) is 176 Å². The first kappa shape index (κ1) is 26.4. The zero-order valence-electron chi connectivity index (χ0n) is 25.3. The average molecular weight is 583 g/mol. The standard InChI is InChI=1S/C46H30/c1-2-14-31(15-3-1)33-18-12-19-34(30-33)45-40-23-8-10-25-42(40)46(43-26-11-9-24-41(43)45)44-29-28-39(37-21-6-7-22-38(37)44)36-27-13-17-32-16-4-5-20-35(32)36/h1-30H. The van der Waals surface area contributed by atoms with Gasteiger partial charge in [0.25, 0.3) is 0 Å². The van der Waals surface area contributed by atoms with E-state index in [2.05, 4.69) is 182 Å². The van der Waals surface area contributed by atoms with E-state index in [1.165, 1.54) is 87.6 Å². The monoisotopic (exact) mass is 582 g/mol. The van der Waals surface area contributed by atoms with E-state index in [4.69, 9.17) is 0 Å². The fraction of sp³-hybridized carbons (Fsp3) is 0. The van der Waals surface area contributed by atoms with Crippen molar-refractivity contribution in [2.75, 3.05) is 0 Å². The third-order valence-corrected chi connectivity index (χ3v) is 9.46. The molecule has 0 N–H and O–H groups in total. The maximum absolute atomic E-state index is 2.35. The smallest absolute Gasteiger partial charge is 0.00201 e. The van der Waals surface area contributed by atoms with Crippen LogP contribution in [0, 0.1) is 0 Å². The Bertz CT molecular complexity index is 2510. The number of hydrogen-bond acceptors (Lipinski definition) is 0. The van der Waals surface area contributed by atoms with Crippen LogP contribution in [-0.2, 0) is 0 Å². The van der Waals surface area contributed by atoms with Gasteiger partial charge in [-0.25, -0.2) is 0 Å². The van der Waals surface area contributed by atoms with Crippen LogP contribution in [0.1, 0.15) is 0 Å². The van der Waals surface area contributed by atoms with Crippen molar-refractivity contribution in [2.24, 2.45) is 0 Å². The first-order chi connectivity index (χ1) is 22.8. The number of hydrogen-bond donors (Lipinski definition) is 0. The maximum atomic E-state index is 2.35. The molecule has 0 fully saturated rings. The van der Waals surface area contributed by atoms with E-state index in [0.29, 0.717) is 0 Å². The summed E-state index contributed by atoms with van der Waals surface area (Å²) in [4.78, 5) is 0. The van der Waals surface area contributed by atoms with Gasteiger partial charge < -0.3 is 0 Å². The average Bonchev–Trinajstić information content (AvgIpc) is 3.14. The lowest BCUT2D eigenvalue weighted by atomic mass is 9.83. The third-order valence-electron chi connectivity index (χ3n) is 9.46. The Morgan fingerprint density at radius 3 is 1.35 bits per heavy atom. The van der Waals surface area contributed by atoms with Crippen LogP contribution in [0.4, 0.5) is 0 Å². The summed E-state index contributed by atoms with van der Waals surface area (Å²) >= 11 is 0. The Kier molecular flexibility index (Phi) is 6.25. The van der Waals surface area contributed by atoms with Crippen LogP contribution >= 0.6 is 0 Å². The quantitative estimate of drug-likeness (QED) is 0.181. The molecule has 0 aliphatic rings. The molecule has 0 saturated carbocycles. The first-order valence-corrected chi connectivity index (χ1v) is 15.9. The van der Waals surface area contributed by atoms with E-state index in [0.717, 1.165) is 0 Å². The number of fused-ring (bicyclic) bond motifs is 4. The van der Waals surface area contributed by atoms with Gasteiger partial charge in [0.05, 0.1) is 0 Å². The molecule has 0 amide bonds. The van der Waals surface area contributed by atoms with E-state index in [1.807, 2.05) is 0 Å². The number of rotatable bonds is 4. The molecular formula is C46H30. The molecule has 0 radical (unpaired) electrons. The molecule has 0 aromatic heterocycles. The van der Waals surface area contributed by atoms with E-state index >= 15 is 0 Å². The molecular weight excluding hydrogens is 553 g/mol. The molecule has 0 saturated heterocycles. The summed E-state index contributed by atoms with van der Waals surface area (Å²) < 4.78 is 0. The van der Waals surface area contributed by atoms with E-state index < -0.39 is 0 Å². The highest BCUT2D eigenvalue weighted by Gasteiger charge is 2.19. The van der Waals surface area contributed by atoms with Crippen molar-refractivity contribution in [2.45, 2.75) is 0 Å². The molecule has 0 atom stereocenters. The van der Waals surface area contributed by atoms with Crippen molar-refractivity contribution < 1.29 is 0 Å². The molecule has 0 unspecified atom stereocenters. The Hall–Kier alpha value is -5.98. The highest BCUT2D eigenvalue weighted by molar-refractivity contribution is 6.24. The Labute approximate surface area is 268 Å². The number of benzene rings is 9. The predicted molar refractivity (Wildman–Crippen MR) is 198 cm³/mol. The van der Waals surface area contributed by atoms with Crippen LogP contribution in [-0.4, -0.2) is 0 Å². The fourth-order valence-electron chi connectivity index (χ4n) is 7.43.